The lowest BCUT2D eigenvalue weighted by Crippen LogP contribution is -2.44. The van der Waals surface area contributed by atoms with Crippen LogP contribution in [0.1, 0.15) is 20.3 Å². The molecule has 5 nitrogen and oxygen atoms in total. The molecular formula is C12H26ClN3O2. The number of piperazine rings is 1. The summed E-state index contributed by atoms with van der Waals surface area (Å²) in [7, 11) is 0. The Bertz CT molecular complexity index is 221. The van der Waals surface area contributed by atoms with Crippen LogP contribution in [0.3, 0.4) is 0 Å². The quantitative estimate of drug-likeness (QED) is 0.656. The molecule has 0 aromatic heterocycles. The number of hydrogen-bond donors (Lipinski definition) is 2. The fraction of sp³-hybridized carbons (Fsp3) is 0.917. The fourth-order valence-corrected chi connectivity index (χ4v) is 1.76. The number of nitrogens with zero attached hydrogens (tertiary/aromatic N) is 1. The Kier molecular flexibility index (Phi) is 10.3. The molecule has 0 aromatic rings. The predicted molar refractivity (Wildman–Crippen MR) is 75.3 cm³/mol. The number of ether oxygens (including phenoxy) is 1. The van der Waals surface area contributed by atoms with Gasteiger partial charge in [0.25, 0.3) is 0 Å². The van der Waals surface area contributed by atoms with Crippen LogP contribution < -0.4 is 10.6 Å². The van der Waals surface area contributed by atoms with Crippen LogP contribution in [-0.4, -0.2) is 62.8 Å². The third-order valence-electron chi connectivity index (χ3n) is 2.73. The molecule has 108 valence electrons. The highest BCUT2D eigenvalue weighted by molar-refractivity contribution is 5.85. The third-order valence-corrected chi connectivity index (χ3v) is 2.73. The molecule has 0 spiro atoms. The number of nitrogens with one attached hydrogen (secondary N) is 2. The largest absolute Gasteiger partial charge is 0.369 e. The second kappa shape index (κ2) is 10.6. The Morgan fingerprint density at radius 2 is 2.06 bits per heavy atom. The summed E-state index contributed by atoms with van der Waals surface area (Å²) in [5.74, 6) is -0.0148. The van der Waals surface area contributed by atoms with Crippen molar-refractivity contribution in [1.82, 2.24) is 15.5 Å². The summed E-state index contributed by atoms with van der Waals surface area (Å²) in [6.07, 6.45) is 1.12. The van der Waals surface area contributed by atoms with Crippen molar-refractivity contribution in [2.45, 2.75) is 26.4 Å². The molecule has 1 rings (SSSR count). The molecule has 0 aliphatic carbocycles. The Morgan fingerprint density at radius 1 is 1.39 bits per heavy atom. The Labute approximate surface area is 116 Å². The van der Waals surface area contributed by atoms with Gasteiger partial charge in [0.05, 0.1) is 6.10 Å². The van der Waals surface area contributed by atoms with E-state index in [1.54, 1.807) is 0 Å². The van der Waals surface area contributed by atoms with Crippen molar-refractivity contribution in [3.8, 4) is 0 Å². The van der Waals surface area contributed by atoms with Crippen LogP contribution >= 0.6 is 12.4 Å². The van der Waals surface area contributed by atoms with E-state index in [1.165, 1.54) is 0 Å². The molecule has 0 bridgehead atoms. The van der Waals surface area contributed by atoms with E-state index in [1.807, 2.05) is 13.8 Å². The SMILES string of the molecule is CC(C)OCC(=O)NCCCN1CCNCC1.Cl. The number of hydrogen-bond acceptors (Lipinski definition) is 4. The van der Waals surface area contributed by atoms with Crippen molar-refractivity contribution in [3.05, 3.63) is 0 Å². The van der Waals surface area contributed by atoms with E-state index in [0.29, 0.717) is 0 Å². The molecule has 0 atom stereocenters. The summed E-state index contributed by atoms with van der Waals surface area (Å²) in [6.45, 7) is 10.2. The van der Waals surface area contributed by atoms with E-state index in [9.17, 15) is 4.79 Å². The first kappa shape index (κ1) is 17.6. The summed E-state index contributed by atoms with van der Waals surface area (Å²) >= 11 is 0. The normalized spacial score (nSPS) is 16.4. The van der Waals surface area contributed by atoms with Crippen molar-refractivity contribution >= 4 is 18.3 Å². The van der Waals surface area contributed by atoms with E-state index in [2.05, 4.69) is 15.5 Å². The minimum absolute atomic E-state index is 0. The lowest BCUT2D eigenvalue weighted by atomic mass is 10.3. The Hall–Kier alpha value is -0.360. The molecule has 0 saturated carbocycles. The van der Waals surface area contributed by atoms with Crippen LogP contribution in [0.4, 0.5) is 0 Å². The summed E-state index contributed by atoms with van der Waals surface area (Å²) in [6, 6.07) is 0. The number of carbonyl (C=O) groups excluding carboxylic acids is 1. The summed E-state index contributed by atoms with van der Waals surface area (Å²) in [5.41, 5.74) is 0. The van der Waals surface area contributed by atoms with Crippen LogP contribution in [0, 0.1) is 0 Å². The van der Waals surface area contributed by atoms with Crippen LogP contribution in [-0.2, 0) is 9.53 Å². The van der Waals surface area contributed by atoms with Gasteiger partial charge in [0, 0.05) is 32.7 Å². The van der Waals surface area contributed by atoms with E-state index in [-0.39, 0.29) is 31.0 Å². The summed E-state index contributed by atoms with van der Waals surface area (Å²) < 4.78 is 5.22. The third kappa shape index (κ3) is 8.69. The molecule has 2 N–H and O–H groups in total. The van der Waals surface area contributed by atoms with Gasteiger partial charge in [-0.25, -0.2) is 0 Å². The first-order valence-corrected chi connectivity index (χ1v) is 6.50. The van der Waals surface area contributed by atoms with Gasteiger partial charge in [-0.05, 0) is 26.8 Å². The molecule has 0 aromatic carbocycles. The lowest BCUT2D eigenvalue weighted by molar-refractivity contribution is -0.127. The minimum atomic E-state index is -0.0148. The van der Waals surface area contributed by atoms with E-state index in [4.69, 9.17) is 4.74 Å². The van der Waals surface area contributed by atoms with E-state index >= 15 is 0 Å². The maximum absolute atomic E-state index is 11.3. The van der Waals surface area contributed by atoms with Crippen LogP contribution in [0.5, 0.6) is 0 Å². The average molecular weight is 280 g/mol. The topological polar surface area (TPSA) is 53.6 Å². The average Bonchev–Trinajstić information content (AvgIpc) is 2.33. The van der Waals surface area contributed by atoms with Gasteiger partial charge in [-0.2, -0.15) is 0 Å². The van der Waals surface area contributed by atoms with Crippen LogP contribution in [0.15, 0.2) is 0 Å². The highest BCUT2D eigenvalue weighted by Crippen LogP contribution is 1.93. The molecule has 1 saturated heterocycles. The number of carbonyl (C=O) groups is 1. The monoisotopic (exact) mass is 279 g/mol. The van der Waals surface area contributed by atoms with Gasteiger partial charge >= 0.3 is 0 Å². The van der Waals surface area contributed by atoms with Crippen molar-refractivity contribution in [2.75, 3.05) is 45.9 Å². The number of halogens is 1. The molecule has 1 fully saturated rings. The molecule has 18 heavy (non-hydrogen) atoms. The maximum Gasteiger partial charge on any atom is 0.246 e. The molecule has 6 heteroatoms. The second-order valence-corrected chi connectivity index (χ2v) is 4.65. The molecular weight excluding hydrogens is 254 g/mol. The maximum atomic E-state index is 11.3. The zero-order chi connectivity index (χ0) is 12.5. The Balaban J connectivity index is 0.00000289. The van der Waals surface area contributed by atoms with Crippen molar-refractivity contribution in [1.29, 1.82) is 0 Å². The van der Waals surface area contributed by atoms with Gasteiger partial charge in [-0.3, -0.25) is 4.79 Å². The van der Waals surface area contributed by atoms with Crippen molar-refractivity contribution in [2.24, 2.45) is 0 Å². The summed E-state index contributed by atoms with van der Waals surface area (Å²) in [5, 5.41) is 6.19. The first-order chi connectivity index (χ1) is 8.18. The van der Waals surface area contributed by atoms with Gasteiger partial charge in [0.15, 0.2) is 0 Å². The number of amides is 1. The van der Waals surface area contributed by atoms with Gasteiger partial charge in [-0.1, -0.05) is 0 Å². The Morgan fingerprint density at radius 3 is 2.67 bits per heavy atom. The highest BCUT2D eigenvalue weighted by Gasteiger charge is 2.08. The summed E-state index contributed by atoms with van der Waals surface area (Å²) in [4.78, 5) is 13.8. The molecule has 1 aliphatic heterocycles. The zero-order valence-corrected chi connectivity index (χ0v) is 12.2. The molecule has 0 radical (unpaired) electrons. The van der Waals surface area contributed by atoms with Gasteiger partial charge < -0.3 is 20.3 Å². The number of rotatable bonds is 7. The van der Waals surface area contributed by atoms with Gasteiger partial charge in [-0.15, -0.1) is 12.4 Å². The van der Waals surface area contributed by atoms with E-state index < -0.39 is 0 Å². The smallest absolute Gasteiger partial charge is 0.246 e. The van der Waals surface area contributed by atoms with Crippen molar-refractivity contribution < 1.29 is 9.53 Å². The zero-order valence-electron chi connectivity index (χ0n) is 11.4. The molecule has 1 amide bonds. The van der Waals surface area contributed by atoms with Crippen LogP contribution in [0.25, 0.3) is 0 Å². The molecule has 1 aliphatic rings. The minimum Gasteiger partial charge on any atom is -0.369 e. The second-order valence-electron chi connectivity index (χ2n) is 4.65. The van der Waals surface area contributed by atoms with Gasteiger partial charge in [0.2, 0.25) is 5.91 Å². The first-order valence-electron chi connectivity index (χ1n) is 6.50. The van der Waals surface area contributed by atoms with Gasteiger partial charge in [0.1, 0.15) is 6.61 Å². The highest BCUT2D eigenvalue weighted by atomic mass is 35.5. The predicted octanol–water partition coefficient (Wildman–Crippen LogP) is 0.245. The van der Waals surface area contributed by atoms with Crippen LogP contribution in [0.2, 0.25) is 0 Å². The lowest BCUT2D eigenvalue weighted by Gasteiger charge is -2.27. The molecule has 0 unspecified atom stereocenters. The van der Waals surface area contributed by atoms with Crippen molar-refractivity contribution in [3.63, 3.8) is 0 Å². The standard InChI is InChI=1S/C12H25N3O2.ClH/c1-11(2)17-10-12(16)14-4-3-7-15-8-5-13-6-9-15;/h11,13H,3-10H2,1-2H3,(H,14,16);1H. The van der Waals surface area contributed by atoms with E-state index in [0.717, 1.165) is 45.7 Å². The fourth-order valence-electron chi connectivity index (χ4n) is 1.76. The molecule has 1 heterocycles.